The van der Waals surface area contributed by atoms with E-state index in [1.807, 2.05) is 0 Å². The molecule has 336 valence electrons. The molecule has 0 amide bonds. The first-order valence-electron chi connectivity index (χ1n) is 25.9. The van der Waals surface area contributed by atoms with E-state index in [0.29, 0.717) is 0 Å². The van der Waals surface area contributed by atoms with Crippen LogP contribution in [0.5, 0.6) is 0 Å². The molecular weight excluding hydrogens is 777 g/mol. The Hall–Kier alpha value is -4.96. The van der Waals surface area contributed by atoms with Gasteiger partial charge >= 0.3 is 0 Å². The van der Waals surface area contributed by atoms with Crippen molar-refractivity contribution < 1.29 is 0 Å². The number of fused-ring (bicyclic) bond motifs is 22. The van der Waals surface area contributed by atoms with Gasteiger partial charge in [0.05, 0.1) is 22.8 Å². The van der Waals surface area contributed by atoms with Gasteiger partial charge in [0.2, 0.25) is 0 Å². The molecule has 8 aromatic rings. The van der Waals surface area contributed by atoms with E-state index in [-0.39, 0.29) is 0 Å². The Labute approximate surface area is 384 Å². The van der Waals surface area contributed by atoms with Crippen LogP contribution in [0.3, 0.4) is 0 Å². The summed E-state index contributed by atoms with van der Waals surface area (Å²) in [4.78, 5) is 0. The van der Waals surface area contributed by atoms with Gasteiger partial charge in [-0.3, -0.25) is 0 Å². The molecule has 0 atom stereocenters. The van der Waals surface area contributed by atoms with Crippen molar-refractivity contribution in [2.75, 3.05) is 0 Å². The van der Waals surface area contributed by atoms with E-state index in [1.54, 1.807) is 22.3 Å². The lowest BCUT2D eigenvalue weighted by Crippen LogP contribution is -1.95. The number of hydrogen-bond donors (Lipinski definition) is 0. The first-order chi connectivity index (χ1) is 31.5. The topological polar surface area (TPSA) is 17.6 Å². The van der Waals surface area contributed by atoms with Gasteiger partial charge in [-0.05, 0) is 172 Å². The second-order valence-electron chi connectivity index (χ2n) is 19.7. The summed E-state index contributed by atoms with van der Waals surface area (Å²) < 4.78 is 10.0. The molecule has 8 heterocycles. The fourth-order valence-corrected chi connectivity index (χ4v) is 12.1. The summed E-state index contributed by atoms with van der Waals surface area (Å²) in [6, 6.07) is 27.2. The zero-order valence-electron chi connectivity index (χ0n) is 40.0. The maximum Gasteiger partial charge on any atom is 0.0732 e. The summed E-state index contributed by atoms with van der Waals surface area (Å²) >= 11 is 0. The number of pyridine rings is 4. The highest BCUT2D eigenvalue weighted by atomic mass is 15.0. The van der Waals surface area contributed by atoms with Gasteiger partial charge in [0, 0.05) is 46.9 Å². The highest BCUT2D eigenvalue weighted by Gasteiger charge is 2.25. The molecule has 4 nitrogen and oxygen atoms in total. The Kier molecular flexibility index (Phi) is 14.5. The van der Waals surface area contributed by atoms with Crippen LogP contribution in [0.15, 0.2) is 97.6 Å². The SMILES string of the molecule is Cc1c2c3ccccn3c1-c1c(C)c(c3ccccn13)CCCCCCCCCCCCc1c(C)c(n3ccccc13)-c1c(C)c(c3ccccn13)CCCCCCCCCCCC2. The molecule has 0 saturated heterocycles. The van der Waals surface area contributed by atoms with E-state index >= 15 is 0 Å². The lowest BCUT2D eigenvalue weighted by molar-refractivity contribution is 0.551. The Morgan fingerprint density at radius 3 is 0.641 bits per heavy atom. The summed E-state index contributed by atoms with van der Waals surface area (Å²) in [5, 5.41) is 0. The molecule has 8 bridgehead atoms. The molecule has 0 aromatic carbocycles. The molecule has 0 radical (unpaired) electrons. The summed E-state index contributed by atoms with van der Waals surface area (Å²) in [6.45, 7) is 9.59. The number of aryl methyl sites for hydroxylation is 4. The van der Waals surface area contributed by atoms with Crippen LogP contribution in [-0.2, 0) is 25.7 Å². The Morgan fingerprint density at radius 2 is 0.438 bits per heavy atom. The van der Waals surface area contributed by atoms with Gasteiger partial charge in [-0.2, -0.15) is 0 Å². The van der Waals surface area contributed by atoms with E-state index in [4.69, 9.17) is 0 Å². The van der Waals surface area contributed by atoms with Crippen molar-refractivity contribution in [3.63, 3.8) is 0 Å². The van der Waals surface area contributed by atoms with E-state index in [1.165, 1.54) is 196 Å². The molecule has 0 spiro atoms. The highest BCUT2D eigenvalue weighted by Crippen LogP contribution is 2.40. The Balaban J connectivity index is 0.891. The van der Waals surface area contributed by atoms with Gasteiger partial charge in [-0.1, -0.05) is 127 Å². The van der Waals surface area contributed by atoms with Crippen molar-refractivity contribution >= 4 is 22.1 Å². The van der Waals surface area contributed by atoms with Gasteiger partial charge in [-0.25, -0.2) is 0 Å². The predicted octanol–water partition coefficient (Wildman–Crippen LogP) is 17.0. The van der Waals surface area contributed by atoms with E-state index < -0.39 is 0 Å². The zero-order chi connectivity index (χ0) is 43.8. The van der Waals surface area contributed by atoms with Crippen LogP contribution in [0.1, 0.15) is 173 Å². The largest absolute Gasteiger partial charge is 0.315 e. The van der Waals surface area contributed by atoms with Crippen LogP contribution in [0.25, 0.3) is 44.8 Å². The maximum absolute atomic E-state index is 2.51. The van der Waals surface area contributed by atoms with Crippen LogP contribution < -0.4 is 0 Å². The standard InChI is InChI=1S/C60H76N4/c1-45-49-33-21-17-13-9-5-6-10-15-19-23-35-51-47(3)59(63-43-31-27-39-55(51)63)60-48(4)52(56-40-28-32-44-64(56)60)36-24-20-16-12-8-7-11-14-18-22-34-50-46(2)58(62-42-30-26-38-54(50)62)57(45)61-41-29-25-37-53(49)61/h25-32,37-44H,5-24,33-36H2,1-4H3. The summed E-state index contributed by atoms with van der Waals surface area (Å²) in [5.41, 5.74) is 23.2. The average molecular weight is 853 g/mol. The molecule has 1 aliphatic rings. The van der Waals surface area contributed by atoms with E-state index in [2.05, 4.69) is 143 Å². The number of rotatable bonds is 0. The molecule has 9 rings (SSSR count). The normalized spacial score (nSPS) is 16.8. The molecule has 0 N–H and O–H groups in total. The first kappa shape index (κ1) is 44.3. The highest BCUT2D eigenvalue weighted by molar-refractivity contribution is 5.82. The maximum atomic E-state index is 2.51. The summed E-state index contributed by atoms with van der Waals surface area (Å²) in [5.74, 6) is 0. The zero-order valence-corrected chi connectivity index (χ0v) is 40.0. The van der Waals surface area contributed by atoms with Crippen LogP contribution in [0.4, 0.5) is 0 Å². The van der Waals surface area contributed by atoms with Crippen molar-refractivity contribution in [3.8, 4) is 22.8 Å². The Morgan fingerprint density at radius 1 is 0.250 bits per heavy atom. The third-order valence-electron chi connectivity index (χ3n) is 15.5. The van der Waals surface area contributed by atoms with Crippen LogP contribution in [-0.4, -0.2) is 17.6 Å². The molecule has 4 heteroatoms. The Bertz CT molecular complexity index is 2410. The molecule has 0 unspecified atom stereocenters. The fourth-order valence-electron chi connectivity index (χ4n) is 12.1. The van der Waals surface area contributed by atoms with Crippen molar-refractivity contribution in [1.82, 2.24) is 17.6 Å². The number of aromatic nitrogens is 4. The van der Waals surface area contributed by atoms with E-state index in [9.17, 15) is 0 Å². The monoisotopic (exact) mass is 853 g/mol. The van der Waals surface area contributed by atoms with Crippen molar-refractivity contribution in [2.45, 2.75) is 182 Å². The summed E-state index contributed by atoms with van der Waals surface area (Å²) in [7, 11) is 0. The van der Waals surface area contributed by atoms with Crippen molar-refractivity contribution in [2.24, 2.45) is 0 Å². The molecule has 0 saturated carbocycles. The van der Waals surface area contributed by atoms with Gasteiger partial charge in [-0.15, -0.1) is 0 Å². The van der Waals surface area contributed by atoms with Crippen LogP contribution in [0.2, 0.25) is 0 Å². The second-order valence-corrected chi connectivity index (χ2v) is 19.7. The van der Waals surface area contributed by atoms with Crippen LogP contribution >= 0.6 is 0 Å². The van der Waals surface area contributed by atoms with Gasteiger partial charge in [0.25, 0.3) is 0 Å². The molecular formula is C60H76N4. The third kappa shape index (κ3) is 9.01. The molecule has 1 aliphatic carbocycles. The third-order valence-corrected chi connectivity index (χ3v) is 15.5. The minimum Gasteiger partial charge on any atom is -0.315 e. The minimum atomic E-state index is 1.16. The van der Waals surface area contributed by atoms with Crippen molar-refractivity contribution in [1.29, 1.82) is 0 Å². The smallest absolute Gasteiger partial charge is 0.0732 e. The predicted molar refractivity (Wildman–Crippen MR) is 274 cm³/mol. The van der Waals surface area contributed by atoms with Crippen molar-refractivity contribution in [3.05, 3.63) is 142 Å². The molecule has 0 fully saturated rings. The molecule has 8 aromatic heterocycles. The summed E-state index contributed by atoms with van der Waals surface area (Å²) in [6.07, 6.45) is 40.6. The average Bonchev–Trinajstić information content (AvgIpc) is 3.95. The van der Waals surface area contributed by atoms with Gasteiger partial charge in [0.1, 0.15) is 0 Å². The fraction of sp³-hybridized carbons (Fsp3) is 0.467. The molecule has 64 heavy (non-hydrogen) atoms. The van der Waals surface area contributed by atoms with Gasteiger partial charge < -0.3 is 17.6 Å². The first-order valence-corrected chi connectivity index (χ1v) is 25.9. The second kappa shape index (κ2) is 20.9. The van der Waals surface area contributed by atoms with Crippen LogP contribution in [0, 0.1) is 27.7 Å². The minimum absolute atomic E-state index is 1.16. The number of hydrogen-bond acceptors (Lipinski definition) is 0. The van der Waals surface area contributed by atoms with E-state index in [0.717, 1.165) is 25.7 Å². The quantitative estimate of drug-likeness (QED) is 0.145. The number of nitrogens with zero attached hydrogens (tertiary/aromatic N) is 4. The van der Waals surface area contributed by atoms with Gasteiger partial charge in [0.15, 0.2) is 0 Å². The molecule has 0 aliphatic heterocycles. The lowest BCUT2D eigenvalue weighted by Gasteiger charge is -2.08. The lowest BCUT2D eigenvalue weighted by atomic mass is 9.98.